The molecular formula is C28H22N8O. The molecule has 1 aliphatic rings. The highest BCUT2D eigenvalue weighted by molar-refractivity contribution is 5.59. The standard InChI is InChI=1S/C28H22N8O/c1-35-28-25(23(34-35)15-20-6-2-3-12-32-20)24(22(16-29)26(30)37-28)18-7-9-21(10-8-18)36-14-13-33-27(36)19-5-4-11-31-17-19/h2-14,17,24H,15,30H2,1H3. The smallest absolute Gasteiger partial charge is 0.224 e. The van der Waals surface area contributed by atoms with Crippen LogP contribution in [0.3, 0.4) is 0 Å². The van der Waals surface area contributed by atoms with E-state index in [1.54, 1.807) is 29.5 Å². The second-order valence-corrected chi connectivity index (χ2v) is 8.67. The highest BCUT2D eigenvalue weighted by Gasteiger charge is 2.36. The summed E-state index contributed by atoms with van der Waals surface area (Å²) in [6, 6.07) is 19.9. The monoisotopic (exact) mass is 486 g/mol. The number of imidazole rings is 1. The molecule has 0 amide bonds. The zero-order valence-corrected chi connectivity index (χ0v) is 20.0. The molecule has 0 radical (unpaired) electrons. The van der Waals surface area contributed by atoms with Crippen molar-refractivity contribution in [2.24, 2.45) is 12.8 Å². The molecule has 0 spiro atoms. The minimum atomic E-state index is -0.421. The van der Waals surface area contributed by atoms with E-state index in [1.807, 2.05) is 72.4 Å². The Morgan fingerprint density at radius 2 is 1.89 bits per heavy atom. The Balaban J connectivity index is 1.42. The Kier molecular flexibility index (Phi) is 5.47. The summed E-state index contributed by atoms with van der Waals surface area (Å²) in [5.41, 5.74) is 11.8. The van der Waals surface area contributed by atoms with Crippen LogP contribution in [0.25, 0.3) is 17.1 Å². The average molecular weight is 487 g/mol. The van der Waals surface area contributed by atoms with E-state index in [2.05, 4.69) is 21.0 Å². The Labute approximate surface area is 213 Å². The van der Waals surface area contributed by atoms with Crippen molar-refractivity contribution in [1.82, 2.24) is 29.3 Å². The van der Waals surface area contributed by atoms with E-state index in [4.69, 9.17) is 15.6 Å². The van der Waals surface area contributed by atoms with E-state index in [-0.39, 0.29) is 5.88 Å². The van der Waals surface area contributed by atoms with E-state index in [0.717, 1.165) is 39.6 Å². The number of aromatic nitrogens is 6. The Bertz CT molecular complexity index is 1640. The lowest BCUT2D eigenvalue weighted by molar-refractivity contribution is 0.358. The van der Waals surface area contributed by atoms with Crippen LogP contribution in [0.4, 0.5) is 0 Å². The van der Waals surface area contributed by atoms with Gasteiger partial charge < -0.3 is 10.5 Å². The van der Waals surface area contributed by atoms with Crippen molar-refractivity contribution in [2.45, 2.75) is 12.3 Å². The van der Waals surface area contributed by atoms with Gasteiger partial charge in [-0.1, -0.05) is 18.2 Å². The van der Waals surface area contributed by atoms with Gasteiger partial charge in [-0.15, -0.1) is 0 Å². The average Bonchev–Trinajstić information content (AvgIpc) is 3.54. The molecule has 0 saturated heterocycles. The lowest BCUT2D eigenvalue weighted by atomic mass is 9.83. The fourth-order valence-electron chi connectivity index (χ4n) is 4.74. The lowest BCUT2D eigenvalue weighted by Crippen LogP contribution is -2.22. The maximum absolute atomic E-state index is 10.0. The SMILES string of the molecule is Cn1nc(Cc2ccccn2)c2c1OC(N)=C(C#N)C2c1ccc(-n2ccnc2-c2cccnc2)cc1. The first-order valence-corrected chi connectivity index (χ1v) is 11.7. The molecule has 6 rings (SSSR count). The molecule has 0 saturated carbocycles. The number of hydrogen-bond acceptors (Lipinski definition) is 7. The molecule has 180 valence electrons. The van der Waals surface area contributed by atoms with Gasteiger partial charge in [-0.2, -0.15) is 10.4 Å². The van der Waals surface area contributed by atoms with Gasteiger partial charge in [-0.25, -0.2) is 9.67 Å². The number of nitriles is 1. The predicted octanol–water partition coefficient (Wildman–Crippen LogP) is 3.87. The molecule has 1 atom stereocenters. The third-order valence-electron chi connectivity index (χ3n) is 6.42. The highest BCUT2D eigenvalue weighted by atomic mass is 16.5. The summed E-state index contributed by atoms with van der Waals surface area (Å²) in [7, 11) is 1.81. The summed E-state index contributed by atoms with van der Waals surface area (Å²) in [6.07, 6.45) is 9.46. The summed E-state index contributed by atoms with van der Waals surface area (Å²) in [5, 5.41) is 14.8. The molecule has 1 aliphatic heterocycles. The molecule has 9 heteroatoms. The van der Waals surface area contributed by atoms with Crippen molar-refractivity contribution >= 4 is 0 Å². The van der Waals surface area contributed by atoms with Crippen molar-refractivity contribution < 1.29 is 4.74 Å². The number of allylic oxidation sites excluding steroid dienone is 1. The van der Waals surface area contributed by atoms with Crippen LogP contribution in [0.15, 0.2) is 97.0 Å². The normalized spacial score (nSPS) is 14.6. The second-order valence-electron chi connectivity index (χ2n) is 8.67. The number of hydrogen-bond donors (Lipinski definition) is 1. The van der Waals surface area contributed by atoms with Gasteiger partial charge in [0.25, 0.3) is 0 Å². The number of aryl methyl sites for hydroxylation is 1. The Morgan fingerprint density at radius 1 is 1.03 bits per heavy atom. The molecule has 5 heterocycles. The molecule has 1 unspecified atom stereocenters. The first kappa shape index (κ1) is 22.2. The third-order valence-corrected chi connectivity index (χ3v) is 6.42. The fourth-order valence-corrected chi connectivity index (χ4v) is 4.74. The minimum absolute atomic E-state index is 0.0879. The first-order valence-electron chi connectivity index (χ1n) is 11.7. The summed E-state index contributed by atoms with van der Waals surface area (Å²) < 4.78 is 9.55. The molecule has 2 N–H and O–H groups in total. The van der Waals surface area contributed by atoms with Crippen LogP contribution in [0.5, 0.6) is 5.88 Å². The molecule has 9 nitrogen and oxygen atoms in total. The van der Waals surface area contributed by atoms with Gasteiger partial charge in [-0.3, -0.25) is 14.5 Å². The lowest BCUT2D eigenvalue weighted by Gasteiger charge is -2.25. The maximum Gasteiger partial charge on any atom is 0.224 e. The molecule has 1 aromatic carbocycles. The maximum atomic E-state index is 10.0. The summed E-state index contributed by atoms with van der Waals surface area (Å²) >= 11 is 0. The molecular weight excluding hydrogens is 464 g/mol. The number of nitrogens with zero attached hydrogens (tertiary/aromatic N) is 7. The predicted molar refractivity (Wildman–Crippen MR) is 136 cm³/mol. The number of ether oxygens (including phenoxy) is 1. The zero-order chi connectivity index (χ0) is 25.4. The quantitative estimate of drug-likeness (QED) is 0.400. The van der Waals surface area contributed by atoms with Crippen molar-refractivity contribution in [3.05, 3.63) is 120 Å². The zero-order valence-electron chi connectivity index (χ0n) is 20.0. The molecule has 0 bridgehead atoms. The molecule has 0 fully saturated rings. The Morgan fingerprint density at radius 3 is 2.62 bits per heavy atom. The van der Waals surface area contributed by atoms with E-state index in [1.165, 1.54) is 0 Å². The van der Waals surface area contributed by atoms with E-state index in [9.17, 15) is 5.26 Å². The topological polar surface area (TPSA) is 120 Å². The van der Waals surface area contributed by atoms with Gasteiger partial charge in [0.2, 0.25) is 11.8 Å². The summed E-state index contributed by atoms with van der Waals surface area (Å²) in [4.78, 5) is 13.2. The van der Waals surface area contributed by atoms with Crippen LogP contribution in [0.2, 0.25) is 0 Å². The van der Waals surface area contributed by atoms with Gasteiger partial charge in [0.1, 0.15) is 17.5 Å². The van der Waals surface area contributed by atoms with Gasteiger partial charge >= 0.3 is 0 Å². The number of rotatable bonds is 5. The molecule has 0 aliphatic carbocycles. The second kappa shape index (κ2) is 9.09. The van der Waals surface area contributed by atoms with Crippen molar-refractivity contribution in [1.29, 1.82) is 5.26 Å². The minimum Gasteiger partial charge on any atom is -0.422 e. The van der Waals surface area contributed by atoms with Crippen LogP contribution in [-0.4, -0.2) is 29.3 Å². The van der Waals surface area contributed by atoms with Crippen LogP contribution >= 0.6 is 0 Å². The van der Waals surface area contributed by atoms with Crippen LogP contribution in [0, 0.1) is 11.3 Å². The molecule has 37 heavy (non-hydrogen) atoms. The van der Waals surface area contributed by atoms with Crippen molar-refractivity contribution in [2.75, 3.05) is 0 Å². The summed E-state index contributed by atoms with van der Waals surface area (Å²) in [5.74, 6) is 0.992. The van der Waals surface area contributed by atoms with Gasteiger partial charge in [-0.05, 0) is 42.0 Å². The van der Waals surface area contributed by atoms with Gasteiger partial charge in [0.05, 0.1) is 17.2 Å². The summed E-state index contributed by atoms with van der Waals surface area (Å²) in [6.45, 7) is 0. The highest BCUT2D eigenvalue weighted by Crippen LogP contribution is 2.44. The van der Waals surface area contributed by atoms with E-state index < -0.39 is 5.92 Å². The number of nitrogens with two attached hydrogens (primary N) is 1. The largest absolute Gasteiger partial charge is 0.422 e. The Hall–Kier alpha value is -5.23. The number of benzene rings is 1. The van der Waals surface area contributed by atoms with E-state index in [0.29, 0.717) is 17.9 Å². The van der Waals surface area contributed by atoms with Crippen LogP contribution in [-0.2, 0) is 13.5 Å². The molecule has 4 aromatic heterocycles. The van der Waals surface area contributed by atoms with E-state index >= 15 is 0 Å². The van der Waals surface area contributed by atoms with Crippen molar-refractivity contribution in [3.8, 4) is 29.0 Å². The first-order chi connectivity index (χ1) is 18.1. The fraction of sp³-hybridized carbons (Fsp3) is 0.107. The number of pyridine rings is 2. The van der Waals surface area contributed by atoms with Gasteiger partial charge in [0, 0.05) is 61.4 Å². The van der Waals surface area contributed by atoms with Crippen LogP contribution < -0.4 is 10.5 Å². The van der Waals surface area contributed by atoms with Crippen LogP contribution in [0.1, 0.15) is 28.4 Å². The number of fused-ring (bicyclic) bond motifs is 1. The van der Waals surface area contributed by atoms with Gasteiger partial charge in [0.15, 0.2) is 0 Å². The molecule has 5 aromatic rings. The third kappa shape index (κ3) is 3.90. The van der Waals surface area contributed by atoms with Crippen molar-refractivity contribution in [3.63, 3.8) is 0 Å².